The highest BCUT2D eigenvalue weighted by Crippen LogP contribution is 2.33. The standard InChI is InChI=1S/C20H22ClN3O2.ClH/c1-12(2)19(25)23-13-8-9-16(21)15(11-13)20(26)24-10-4-5-14-17(22)6-3-7-18(14)24;/h3,6-9,11-12H,4-5,10,22H2,1-2H3,(H,23,25);1H. The molecular weight excluding hydrogens is 385 g/mol. The quantitative estimate of drug-likeness (QED) is 0.733. The number of hydrogen-bond acceptors (Lipinski definition) is 3. The van der Waals surface area contributed by atoms with Crippen LogP contribution in [0.4, 0.5) is 17.1 Å². The highest BCUT2D eigenvalue weighted by Gasteiger charge is 2.26. The lowest BCUT2D eigenvalue weighted by Gasteiger charge is -2.30. The second kappa shape index (κ2) is 8.63. The van der Waals surface area contributed by atoms with Gasteiger partial charge in [0.25, 0.3) is 5.91 Å². The van der Waals surface area contributed by atoms with Crippen molar-refractivity contribution in [2.24, 2.45) is 5.92 Å². The number of rotatable bonds is 3. The van der Waals surface area contributed by atoms with E-state index >= 15 is 0 Å². The van der Waals surface area contributed by atoms with Crippen LogP contribution >= 0.6 is 24.0 Å². The number of nitrogens with zero attached hydrogens (tertiary/aromatic N) is 1. The van der Waals surface area contributed by atoms with Crippen LogP contribution in [0.2, 0.25) is 5.02 Å². The molecule has 3 rings (SSSR count). The van der Waals surface area contributed by atoms with E-state index in [0.717, 1.165) is 24.1 Å². The molecule has 27 heavy (non-hydrogen) atoms. The van der Waals surface area contributed by atoms with Crippen molar-refractivity contribution in [3.63, 3.8) is 0 Å². The smallest absolute Gasteiger partial charge is 0.259 e. The van der Waals surface area contributed by atoms with Crippen LogP contribution in [0, 0.1) is 5.92 Å². The van der Waals surface area contributed by atoms with Crippen LogP contribution in [0.5, 0.6) is 0 Å². The molecule has 5 nitrogen and oxygen atoms in total. The summed E-state index contributed by atoms with van der Waals surface area (Å²) in [5, 5.41) is 3.16. The van der Waals surface area contributed by atoms with Crippen LogP contribution in [0.15, 0.2) is 36.4 Å². The lowest BCUT2D eigenvalue weighted by Crippen LogP contribution is -2.36. The number of amides is 2. The van der Waals surface area contributed by atoms with E-state index < -0.39 is 0 Å². The molecular formula is C20H23Cl2N3O2. The van der Waals surface area contributed by atoms with Crippen LogP contribution < -0.4 is 16.0 Å². The Morgan fingerprint density at radius 2 is 1.96 bits per heavy atom. The van der Waals surface area contributed by atoms with Gasteiger partial charge in [-0.2, -0.15) is 0 Å². The zero-order chi connectivity index (χ0) is 18.8. The van der Waals surface area contributed by atoms with E-state index in [2.05, 4.69) is 5.32 Å². The second-order valence-corrected chi connectivity index (χ2v) is 7.15. The van der Waals surface area contributed by atoms with E-state index in [1.54, 1.807) is 23.1 Å². The first-order valence-electron chi connectivity index (χ1n) is 8.68. The van der Waals surface area contributed by atoms with E-state index in [0.29, 0.717) is 28.5 Å². The van der Waals surface area contributed by atoms with Crippen molar-refractivity contribution in [2.75, 3.05) is 22.5 Å². The van der Waals surface area contributed by atoms with Gasteiger partial charge >= 0.3 is 0 Å². The minimum absolute atomic E-state index is 0. The first-order chi connectivity index (χ1) is 12.4. The Kier molecular flexibility index (Phi) is 6.73. The van der Waals surface area contributed by atoms with Gasteiger partial charge in [0.1, 0.15) is 0 Å². The van der Waals surface area contributed by atoms with E-state index in [1.165, 1.54) is 0 Å². The highest BCUT2D eigenvalue weighted by atomic mass is 35.5. The molecule has 0 radical (unpaired) electrons. The number of carbonyl (C=O) groups excluding carboxylic acids is 2. The third kappa shape index (κ3) is 4.37. The Labute approximate surface area is 170 Å². The van der Waals surface area contributed by atoms with Crippen molar-refractivity contribution in [1.82, 2.24) is 0 Å². The van der Waals surface area contributed by atoms with Gasteiger partial charge in [-0.3, -0.25) is 9.59 Å². The fraction of sp³-hybridized carbons (Fsp3) is 0.300. The molecule has 2 aromatic carbocycles. The number of halogens is 2. The van der Waals surface area contributed by atoms with Crippen LogP contribution in [0.25, 0.3) is 0 Å². The number of nitrogens with one attached hydrogen (secondary N) is 1. The van der Waals surface area contributed by atoms with Crippen LogP contribution in [0.3, 0.4) is 0 Å². The molecule has 1 aliphatic heterocycles. The van der Waals surface area contributed by atoms with E-state index in [9.17, 15) is 9.59 Å². The number of fused-ring (bicyclic) bond motifs is 1. The van der Waals surface area contributed by atoms with Gasteiger partial charge in [0.15, 0.2) is 0 Å². The summed E-state index contributed by atoms with van der Waals surface area (Å²) >= 11 is 6.28. The molecule has 2 aromatic rings. The van der Waals surface area contributed by atoms with Gasteiger partial charge in [0.05, 0.1) is 10.6 Å². The summed E-state index contributed by atoms with van der Waals surface area (Å²) < 4.78 is 0. The third-order valence-corrected chi connectivity index (χ3v) is 4.85. The first-order valence-corrected chi connectivity index (χ1v) is 9.06. The van der Waals surface area contributed by atoms with Crippen molar-refractivity contribution in [3.05, 3.63) is 52.5 Å². The van der Waals surface area contributed by atoms with Crippen LogP contribution in [0.1, 0.15) is 36.2 Å². The van der Waals surface area contributed by atoms with Gasteiger partial charge < -0.3 is 16.0 Å². The Balaban J connectivity index is 0.00000261. The molecule has 0 fully saturated rings. The number of nitrogens with two attached hydrogens (primary N) is 1. The zero-order valence-corrected chi connectivity index (χ0v) is 16.9. The summed E-state index contributed by atoms with van der Waals surface area (Å²) in [6.07, 6.45) is 1.69. The number of benzene rings is 2. The number of anilines is 3. The fourth-order valence-corrected chi connectivity index (χ4v) is 3.26. The maximum atomic E-state index is 13.2. The zero-order valence-electron chi connectivity index (χ0n) is 15.3. The lowest BCUT2D eigenvalue weighted by atomic mass is 9.99. The monoisotopic (exact) mass is 407 g/mol. The molecule has 0 saturated carbocycles. The number of carbonyl (C=O) groups is 2. The van der Waals surface area contributed by atoms with Crippen molar-refractivity contribution in [3.8, 4) is 0 Å². The van der Waals surface area contributed by atoms with E-state index in [-0.39, 0.29) is 30.1 Å². The molecule has 1 heterocycles. The molecule has 1 aliphatic rings. The summed E-state index contributed by atoms with van der Waals surface area (Å²) in [5.74, 6) is -0.453. The molecule has 7 heteroatoms. The third-order valence-electron chi connectivity index (χ3n) is 4.52. The maximum Gasteiger partial charge on any atom is 0.259 e. The van der Waals surface area contributed by atoms with E-state index in [4.69, 9.17) is 17.3 Å². The predicted octanol–water partition coefficient (Wildman–Crippen LogP) is 4.53. The molecule has 0 aromatic heterocycles. The first kappa shape index (κ1) is 21.1. The average molecular weight is 408 g/mol. The van der Waals surface area contributed by atoms with Gasteiger partial charge in [-0.1, -0.05) is 31.5 Å². The molecule has 0 bridgehead atoms. The summed E-state index contributed by atoms with van der Waals surface area (Å²) in [7, 11) is 0. The van der Waals surface area contributed by atoms with Gasteiger partial charge in [0, 0.05) is 29.5 Å². The number of nitrogen functional groups attached to an aromatic ring is 1. The topological polar surface area (TPSA) is 75.4 Å². The Morgan fingerprint density at radius 1 is 1.22 bits per heavy atom. The molecule has 0 atom stereocenters. The predicted molar refractivity (Wildman–Crippen MR) is 113 cm³/mol. The molecule has 2 amide bonds. The molecule has 0 aliphatic carbocycles. The summed E-state index contributed by atoms with van der Waals surface area (Å²) in [6, 6.07) is 10.6. The molecule has 144 valence electrons. The summed E-state index contributed by atoms with van der Waals surface area (Å²) in [4.78, 5) is 26.8. The van der Waals surface area contributed by atoms with Crippen molar-refractivity contribution in [2.45, 2.75) is 26.7 Å². The van der Waals surface area contributed by atoms with Crippen molar-refractivity contribution >= 4 is 52.9 Å². The largest absolute Gasteiger partial charge is 0.398 e. The highest BCUT2D eigenvalue weighted by molar-refractivity contribution is 6.34. The summed E-state index contributed by atoms with van der Waals surface area (Å²) in [5.41, 5.74) is 9.51. The van der Waals surface area contributed by atoms with E-state index in [1.807, 2.05) is 32.0 Å². The Hall–Kier alpha value is -2.24. The van der Waals surface area contributed by atoms with Gasteiger partial charge in [0.2, 0.25) is 5.91 Å². The normalized spacial score (nSPS) is 13.0. The minimum Gasteiger partial charge on any atom is -0.398 e. The van der Waals surface area contributed by atoms with Crippen LogP contribution in [-0.4, -0.2) is 18.4 Å². The lowest BCUT2D eigenvalue weighted by molar-refractivity contribution is -0.118. The Morgan fingerprint density at radius 3 is 2.67 bits per heavy atom. The number of hydrogen-bond donors (Lipinski definition) is 2. The molecule has 0 unspecified atom stereocenters. The second-order valence-electron chi connectivity index (χ2n) is 6.74. The van der Waals surface area contributed by atoms with Crippen molar-refractivity contribution < 1.29 is 9.59 Å². The molecule has 0 saturated heterocycles. The van der Waals surface area contributed by atoms with Crippen LogP contribution in [-0.2, 0) is 11.2 Å². The molecule has 0 spiro atoms. The fourth-order valence-electron chi connectivity index (χ4n) is 3.06. The minimum atomic E-state index is -0.192. The van der Waals surface area contributed by atoms with Gasteiger partial charge in [-0.15, -0.1) is 12.4 Å². The van der Waals surface area contributed by atoms with Gasteiger partial charge in [-0.05, 0) is 48.7 Å². The van der Waals surface area contributed by atoms with Gasteiger partial charge in [-0.25, -0.2) is 0 Å². The average Bonchev–Trinajstić information content (AvgIpc) is 2.62. The summed E-state index contributed by atoms with van der Waals surface area (Å²) in [6.45, 7) is 4.23. The Bertz CT molecular complexity index is 868. The SMILES string of the molecule is CC(C)C(=O)Nc1ccc(Cl)c(C(=O)N2CCCc3c(N)cccc32)c1.Cl. The maximum absolute atomic E-state index is 13.2. The van der Waals surface area contributed by atoms with Crippen molar-refractivity contribution in [1.29, 1.82) is 0 Å². The molecule has 3 N–H and O–H groups in total.